The van der Waals surface area contributed by atoms with E-state index in [9.17, 15) is 9.90 Å². The maximum Gasteiger partial charge on any atom is 0.183 e. The van der Waals surface area contributed by atoms with Crippen molar-refractivity contribution in [2.24, 2.45) is 0 Å². The second-order valence-corrected chi connectivity index (χ2v) is 7.56. The van der Waals surface area contributed by atoms with Crippen LogP contribution in [0.2, 0.25) is 0 Å². The Hall–Kier alpha value is -3.06. The Kier molecular flexibility index (Phi) is 6.72. The molecule has 1 aromatic heterocycles. The number of aromatic carboxylic acids is 1. The fraction of sp³-hybridized carbons (Fsp3) is 0.273. The summed E-state index contributed by atoms with van der Waals surface area (Å²) in [6.07, 6.45) is 0. The summed E-state index contributed by atoms with van der Waals surface area (Å²) in [4.78, 5) is 15.4. The Bertz CT molecular complexity index is 983. The minimum Gasteiger partial charge on any atom is -0.544 e. The lowest BCUT2D eigenvalue weighted by Gasteiger charge is -2.14. The number of benzene rings is 2. The van der Waals surface area contributed by atoms with Crippen molar-refractivity contribution in [2.45, 2.75) is 33.9 Å². The summed E-state index contributed by atoms with van der Waals surface area (Å²) in [6, 6.07) is 14.0. The summed E-state index contributed by atoms with van der Waals surface area (Å²) in [5.41, 5.74) is 3.72. The molecule has 0 bridgehead atoms. The number of carboxylic acids is 1. The molecule has 1 heterocycles. The lowest BCUT2D eigenvalue weighted by Crippen LogP contribution is -2.21. The number of hydrogen-bond acceptors (Lipinski definition) is 7. The van der Waals surface area contributed by atoms with Crippen LogP contribution in [0.5, 0.6) is 11.5 Å². The molecule has 0 unspecified atom stereocenters. The van der Waals surface area contributed by atoms with E-state index in [0.717, 1.165) is 22.5 Å². The Morgan fingerprint density at radius 3 is 2.45 bits per heavy atom. The van der Waals surface area contributed by atoms with Crippen molar-refractivity contribution in [3.05, 3.63) is 69.7 Å². The van der Waals surface area contributed by atoms with Crippen molar-refractivity contribution in [2.75, 3.05) is 11.9 Å². The van der Waals surface area contributed by atoms with Gasteiger partial charge in [0, 0.05) is 6.54 Å². The first-order chi connectivity index (χ1) is 14.0. The lowest BCUT2D eigenvalue weighted by atomic mass is 10.1. The summed E-state index contributed by atoms with van der Waals surface area (Å²) >= 11 is 1.07. The summed E-state index contributed by atoms with van der Waals surface area (Å²) in [5, 5.41) is 14.7. The number of ether oxygens (including phenoxy) is 2. The molecule has 6 nitrogen and oxygen atoms in total. The second kappa shape index (κ2) is 9.43. The molecule has 3 rings (SSSR count). The third-order valence-electron chi connectivity index (χ3n) is 4.25. The number of carbonyl (C=O) groups is 1. The third kappa shape index (κ3) is 5.48. The highest BCUT2D eigenvalue weighted by Gasteiger charge is 2.10. The van der Waals surface area contributed by atoms with E-state index < -0.39 is 5.97 Å². The summed E-state index contributed by atoms with van der Waals surface area (Å²) in [5.74, 6) is 0.145. The molecular formula is C22H23N2O4S-. The van der Waals surface area contributed by atoms with Gasteiger partial charge >= 0.3 is 0 Å². The summed E-state index contributed by atoms with van der Waals surface area (Å²) in [7, 11) is 0. The molecule has 0 aliphatic rings. The zero-order valence-corrected chi connectivity index (χ0v) is 17.5. The van der Waals surface area contributed by atoms with Gasteiger partial charge in [0.15, 0.2) is 16.6 Å². The van der Waals surface area contributed by atoms with E-state index in [1.165, 1.54) is 5.56 Å². The minimum absolute atomic E-state index is 0.141. The van der Waals surface area contributed by atoms with E-state index in [0.29, 0.717) is 42.1 Å². The van der Waals surface area contributed by atoms with E-state index >= 15 is 0 Å². The average Bonchev–Trinajstić information content (AvgIpc) is 3.08. The van der Waals surface area contributed by atoms with Crippen molar-refractivity contribution >= 4 is 22.4 Å². The van der Waals surface area contributed by atoms with Crippen LogP contribution in [-0.4, -0.2) is 17.6 Å². The Labute approximate surface area is 174 Å². The molecule has 3 aromatic rings. The number of rotatable bonds is 9. The predicted molar refractivity (Wildman–Crippen MR) is 112 cm³/mol. The number of hydrogen-bond donors (Lipinski definition) is 1. The molecule has 2 aromatic carbocycles. The zero-order valence-electron chi connectivity index (χ0n) is 16.7. The Balaban J connectivity index is 1.67. The van der Waals surface area contributed by atoms with Crippen LogP contribution in [0, 0.1) is 13.8 Å². The van der Waals surface area contributed by atoms with Gasteiger partial charge in [0.05, 0.1) is 23.1 Å². The Morgan fingerprint density at radius 2 is 1.79 bits per heavy atom. The molecule has 7 heteroatoms. The highest BCUT2D eigenvalue weighted by atomic mass is 32.1. The predicted octanol–water partition coefficient (Wildman–Crippen LogP) is 3.71. The number of aryl methyl sites for hydroxylation is 2. The first kappa shape index (κ1) is 20.7. The molecule has 0 fully saturated rings. The van der Waals surface area contributed by atoms with E-state index in [1.54, 1.807) is 6.92 Å². The van der Waals surface area contributed by atoms with Crippen molar-refractivity contribution in [3.63, 3.8) is 0 Å². The van der Waals surface area contributed by atoms with Crippen LogP contribution in [0.15, 0.2) is 42.5 Å². The van der Waals surface area contributed by atoms with Crippen LogP contribution in [0.3, 0.4) is 0 Å². The van der Waals surface area contributed by atoms with E-state index in [-0.39, 0.29) is 4.88 Å². The van der Waals surface area contributed by atoms with Gasteiger partial charge in [-0.15, -0.1) is 0 Å². The fourth-order valence-corrected chi connectivity index (χ4v) is 3.53. The van der Waals surface area contributed by atoms with E-state index in [2.05, 4.69) is 29.4 Å². The first-order valence-electron chi connectivity index (χ1n) is 9.33. The van der Waals surface area contributed by atoms with Crippen LogP contribution in [0.4, 0.5) is 5.13 Å². The van der Waals surface area contributed by atoms with Crippen LogP contribution in [0.25, 0.3) is 0 Å². The van der Waals surface area contributed by atoms with E-state index in [4.69, 9.17) is 9.47 Å². The fourth-order valence-electron chi connectivity index (χ4n) is 2.73. The van der Waals surface area contributed by atoms with Gasteiger partial charge in [0.2, 0.25) is 0 Å². The van der Waals surface area contributed by atoms with Gasteiger partial charge in [-0.1, -0.05) is 47.2 Å². The van der Waals surface area contributed by atoms with Crippen LogP contribution in [-0.2, 0) is 13.2 Å². The zero-order chi connectivity index (χ0) is 20.8. The largest absolute Gasteiger partial charge is 0.544 e. The number of anilines is 1. The third-order valence-corrected chi connectivity index (χ3v) is 5.34. The second-order valence-electron chi connectivity index (χ2n) is 6.56. The van der Waals surface area contributed by atoms with Gasteiger partial charge in [0.1, 0.15) is 6.61 Å². The molecule has 0 spiro atoms. The smallest absolute Gasteiger partial charge is 0.183 e. The molecule has 0 amide bonds. The molecule has 0 aliphatic carbocycles. The number of aromatic nitrogens is 1. The van der Waals surface area contributed by atoms with Gasteiger partial charge in [-0.25, -0.2) is 4.98 Å². The van der Waals surface area contributed by atoms with Gasteiger partial charge < -0.3 is 24.7 Å². The highest BCUT2D eigenvalue weighted by molar-refractivity contribution is 7.17. The van der Waals surface area contributed by atoms with Crippen molar-refractivity contribution in [3.8, 4) is 11.5 Å². The number of carboxylic acid groups (broad SMARTS) is 1. The van der Waals surface area contributed by atoms with Crippen LogP contribution < -0.4 is 19.9 Å². The average molecular weight is 412 g/mol. The summed E-state index contributed by atoms with van der Waals surface area (Å²) in [6.45, 7) is 7.10. The van der Waals surface area contributed by atoms with Crippen molar-refractivity contribution < 1.29 is 19.4 Å². The molecule has 29 heavy (non-hydrogen) atoms. The molecule has 0 saturated carbocycles. The first-order valence-corrected chi connectivity index (χ1v) is 10.1. The maximum atomic E-state index is 11.0. The molecule has 0 radical (unpaired) electrons. The highest BCUT2D eigenvalue weighted by Crippen LogP contribution is 2.30. The number of thiazole rings is 1. The van der Waals surface area contributed by atoms with Gasteiger partial charge in [-0.05, 0) is 44.0 Å². The molecular weight excluding hydrogens is 388 g/mol. The Morgan fingerprint density at radius 1 is 1.07 bits per heavy atom. The maximum absolute atomic E-state index is 11.0. The normalized spacial score (nSPS) is 10.6. The molecule has 152 valence electrons. The topological polar surface area (TPSA) is 83.5 Å². The van der Waals surface area contributed by atoms with Gasteiger partial charge in [-0.2, -0.15) is 0 Å². The van der Waals surface area contributed by atoms with Crippen molar-refractivity contribution in [1.82, 2.24) is 4.98 Å². The van der Waals surface area contributed by atoms with Crippen molar-refractivity contribution in [1.29, 1.82) is 0 Å². The standard InChI is InChI=1S/C22H24N2O4S/c1-4-27-19-11-17(12-23-22-24-15(3)20(29-22)21(25)26)9-10-18(19)28-13-16-7-5-14(2)6-8-16/h5-11H,4,12-13H2,1-3H3,(H,23,24)(H,25,26)/p-1. The van der Waals surface area contributed by atoms with Crippen LogP contribution >= 0.6 is 11.3 Å². The SMILES string of the molecule is CCOc1cc(CNc2nc(C)c(C(=O)[O-])s2)ccc1OCc1ccc(C)cc1. The quantitative estimate of drug-likeness (QED) is 0.578. The monoisotopic (exact) mass is 411 g/mol. The van der Waals surface area contributed by atoms with Crippen LogP contribution in [0.1, 0.15) is 39.0 Å². The van der Waals surface area contributed by atoms with Gasteiger partial charge in [-0.3, -0.25) is 0 Å². The molecule has 0 aliphatic heterocycles. The number of carbonyl (C=O) groups excluding carboxylic acids is 1. The summed E-state index contributed by atoms with van der Waals surface area (Å²) < 4.78 is 11.7. The van der Waals surface area contributed by atoms with E-state index in [1.807, 2.05) is 37.3 Å². The van der Waals surface area contributed by atoms with Gasteiger partial charge in [0.25, 0.3) is 0 Å². The lowest BCUT2D eigenvalue weighted by molar-refractivity contribution is -0.254. The molecule has 1 N–H and O–H groups in total. The number of nitrogens with one attached hydrogen (secondary N) is 1. The number of nitrogens with zero attached hydrogens (tertiary/aromatic N) is 1. The minimum atomic E-state index is -1.21. The molecule has 0 atom stereocenters. The molecule has 0 saturated heterocycles.